The molecule has 1 spiro atoms. The molecule has 2 aliphatic rings. The average Bonchev–Trinajstić information content (AvgIpc) is 2.38. The second-order valence-corrected chi connectivity index (χ2v) is 6.90. The van der Waals surface area contributed by atoms with Crippen LogP contribution in [0.1, 0.15) is 24.8 Å². The zero-order chi connectivity index (χ0) is 12.6. The molecule has 0 amide bonds. The fourth-order valence-electron chi connectivity index (χ4n) is 2.60. The number of rotatable bonds is 0. The van der Waals surface area contributed by atoms with Gasteiger partial charge in [0.25, 0.3) is 0 Å². The highest BCUT2D eigenvalue weighted by Crippen LogP contribution is 2.42. The summed E-state index contributed by atoms with van der Waals surface area (Å²) in [5.41, 5.74) is 1.49. The predicted octanol–water partition coefficient (Wildman–Crippen LogP) is 3.68. The van der Waals surface area contributed by atoms with Gasteiger partial charge in [-0.25, -0.2) is 0 Å². The SMILES string of the molecule is ON=C1CC2(CCSCC2)Oc2cc(Br)ccc21. The van der Waals surface area contributed by atoms with E-state index >= 15 is 0 Å². The van der Waals surface area contributed by atoms with Crippen LogP contribution >= 0.6 is 27.7 Å². The van der Waals surface area contributed by atoms with Crippen molar-refractivity contribution in [1.82, 2.24) is 0 Å². The molecule has 2 heterocycles. The normalized spacial score (nSPS) is 23.7. The van der Waals surface area contributed by atoms with E-state index < -0.39 is 0 Å². The topological polar surface area (TPSA) is 41.8 Å². The summed E-state index contributed by atoms with van der Waals surface area (Å²) in [4.78, 5) is 0. The maximum Gasteiger partial charge on any atom is 0.130 e. The van der Waals surface area contributed by atoms with Crippen LogP contribution in [0, 0.1) is 0 Å². The molecule has 0 unspecified atom stereocenters. The third-order valence-electron chi connectivity index (χ3n) is 3.60. The monoisotopic (exact) mass is 327 g/mol. The van der Waals surface area contributed by atoms with E-state index in [1.54, 1.807) is 0 Å². The van der Waals surface area contributed by atoms with Crippen molar-refractivity contribution in [1.29, 1.82) is 0 Å². The van der Waals surface area contributed by atoms with Gasteiger partial charge in [-0.05, 0) is 42.5 Å². The van der Waals surface area contributed by atoms with Crippen molar-refractivity contribution in [2.45, 2.75) is 24.9 Å². The fraction of sp³-hybridized carbons (Fsp3) is 0.462. The summed E-state index contributed by atoms with van der Waals surface area (Å²) in [6.07, 6.45) is 2.74. The number of benzene rings is 1. The van der Waals surface area contributed by atoms with Crippen molar-refractivity contribution in [3.8, 4) is 5.75 Å². The summed E-state index contributed by atoms with van der Waals surface area (Å²) in [5.74, 6) is 3.06. The van der Waals surface area contributed by atoms with Crippen LogP contribution in [0.2, 0.25) is 0 Å². The molecule has 96 valence electrons. The molecule has 3 nitrogen and oxygen atoms in total. The molecular formula is C13H14BrNO2S. The Bertz CT molecular complexity index is 498. The largest absolute Gasteiger partial charge is 0.486 e. The number of thioether (sulfide) groups is 1. The van der Waals surface area contributed by atoms with Crippen LogP contribution in [0.4, 0.5) is 0 Å². The van der Waals surface area contributed by atoms with Crippen LogP contribution in [0.3, 0.4) is 0 Å². The van der Waals surface area contributed by atoms with E-state index in [0.717, 1.165) is 45.8 Å². The van der Waals surface area contributed by atoms with Gasteiger partial charge in [-0.15, -0.1) is 0 Å². The van der Waals surface area contributed by atoms with Gasteiger partial charge in [-0.1, -0.05) is 21.1 Å². The number of hydrogen-bond donors (Lipinski definition) is 1. The number of nitrogens with zero attached hydrogens (tertiary/aromatic N) is 1. The van der Waals surface area contributed by atoms with Crippen molar-refractivity contribution in [3.05, 3.63) is 28.2 Å². The maximum atomic E-state index is 9.24. The Morgan fingerprint density at radius 2 is 2.11 bits per heavy atom. The lowest BCUT2D eigenvalue weighted by atomic mass is 9.85. The second kappa shape index (κ2) is 4.78. The fourth-order valence-corrected chi connectivity index (χ4v) is 4.18. The molecule has 0 bridgehead atoms. The predicted molar refractivity (Wildman–Crippen MR) is 77.0 cm³/mol. The van der Waals surface area contributed by atoms with Crippen molar-refractivity contribution >= 4 is 33.4 Å². The molecule has 0 aliphatic carbocycles. The zero-order valence-corrected chi connectivity index (χ0v) is 12.3. The summed E-state index contributed by atoms with van der Waals surface area (Å²) < 4.78 is 7.22. The van der Waals surface area contributed by atoms with Gasteiger partial charge in [0.15, 0.2) is 0 Å². The maximum absolute atomic E-state index is 9.24. The van der Waals surface area contributed by atoms with Crippen LogP contribution in [0.5, 0.6) is 5.75 Å². The summed E-state index contributed by atoms with van der Waals surface area (Å²) in [7, 11) is 0. The highest BCUT2D eigenvalue weighted by Gasteiger charge is 2.40. The minimum atomic E-state index is -0.166. The van der Waals surface area contributed by atoms with Crippen LogP contribution in [0.15, 0.2) is 27.8 Å². The Hall–Kier alpha value is -0.680. The first kappa shape index (κ1) is 12.4. The molecule has 1 N–H and O–H groups in total. The first-order valence-corrected chi connectivity index (χ1v) is 7.95. The lowest BCUT2D eigenvalue weighted by Gasteiger charge is -2.41. The molecule has 1 aromatic carbocycles. The minimum absolute atomic E-state index is 0.166. The molecule has 0 radical (unpaired) electrons. The van der Waals surface area contributed by atoms with Crippen molar-refractivity contribution in [2.24, 2.45) is 5.16 Å². The molecule has 1 saturated heterocycles. The quantitative estimate of drug-likeness (QED) is 0.583. The first-order valence-electron chi connectivity index (χ1n) is 6.00. The number of halogens is 1. The Morgan fingerprint density at radius 3 is 2.83 bits per heavy atom. The van der Waals surface area contributed by atoms with E-state index in [1.807, 2.05) is 30.0 Å². The number of oxime groups is 1. The van der Waals surface area contributed by atoms with Crippen LogP contribution in [-0.4, -0.2) is 28.0 Å². The van der Waals surface area contributed by atoms with Crippen molar-refractivity contribution in [2.75, 3.05) is 11.5 Å². The highest BCUT2D eigenvalue weighted by atomic mass is 79.9. The van der Waals surface area contributed by atoms with Gasteiger partial charge < -0.3 is 9.94 Å². The third-order valence-corrected chi connectivity index (χ3v) is 5.07. The lowest BCUT2D eigenvalue weighted by molar-refractivity contribution is 0.0606. The first-order chi connectivity index (χ1) is 8.72. The standard InChI is InChI=1S/C13H14BrNO2S/c14-9-1-2-10-11(15-16)8-13(17-12(10)7-9)3-5-18-6-4-13/h1-2,7,16H,3-6,8H2. The smallest absolute Gasteiger partial charge is 0.130 e. The minimum Gasteiger partial charge on any atom is -0.486 e. The van der Waals surface area contributed by atoms with E-state index in [0.29, 0.717) is 6.42 Å². The van der Waals surface area contributed by atoms with Crippen LogP contribution in [-0.2, 0) is 0 Å². The number of fused-ring (bicyclic) bond motifs is 1. The van der Waals surface area contributed by atoms with Gasteiger partial charge in [-0.3, -0.25) is 0 Å². The zero-order valence-electron chi connectivity index (χ0n) is 9.86. The molecule has 0 saturated carbocycles. The molecule has 5 heteroatoms. The molecule has 3 rings (SSSR count). The van der Waals surface area contributed by atoms with Gasteiger partial charge in [0.05, 0.1) is 5.71 Å². The Kier molecular flexibility index (Phi) is 3.28. The van der Waals surface area contributed by atoms with Crippen molar-refractivity contribution in [3.63, 3.8) is 0 Å². The molecule has 1 fully saturated rings. The molecule has 0 aromatic heterocycles. The molecule has 1 aromatic rings. The van der Waals surface area contributed by atoms with Gasteiger partial charge in [0, 0.05) is 16.5 Å². The highest BCUT2D eigenvalue weighted by molar-refractivity contribution is 9.10. The second-order valence-electron chi connectivity index (χ2n) is 4.76. The molecule has 18 heavy (non-hydrogen) atoms. The van der Waals surface area contributed by atoms with E-state index in [4.69, 9.17) is 4.74 Å². The van der Waals surface area contributed by atoms with Crippen molar-refractivity contribution < 1.29 is 9.94 Å². The van der Waals surface area contributed by atoms with Gasteiger partial charge in [-0.2, -0.15) is 11.8 Å². The van der Waals surface area contributed by atoms with Gasteiger partial charge >= 0.3 is 0 Å². The third kappa shape index (κ3) is 2.14. The Labute approximate surface area is 119 Å². The molecule has 2 aliphatic heterocycles. The Balaban J connectivity index is 2.02. The van der Waals surface area contributed by atoms with E-state index in [2.05, 4.69) is 21.1 Å². The van der Waals surface area contributed by atoms with Crippen LogP contribution < -0.4 is 4.74 Å². The molecule has 0 atom stereocenters. The summed E-state index contributed by atoms with van der Waals surface area (Å²) in [6, 6.07) is 5.85. The average molecular weight is 328 g/mol. The number of ether oxygens (including phenoxy) is 1. The van der Waals surface area contributed by atoms with Gasteiger partial charge in [0.2, 0.25) is 0 Å². The number of hydrogen-bond acceptors (Lipinski definition) is 4. The van der Waals surface area contributed by atoms with E-state index in [-0.39, 0.29) is 5.60 Å². The van der Waals surface area contributed by atoms with E-state index in [9.17, 15) is 5.21 Å². The summed E-state index contributed by atoms with van der Waals surface area (Å²) >= 11 is 5.42. The van der Waals surface area contributed by atoms with E-state index in [1.165, 1.54) is 0 Å². The molecular weight excluding hydrogens is 314 g/mol. The van der Waals surface area contributed by atoms with Crippen LogP contribution in [0.25, 0.3) is 0 Å². The van der Waals surface area contributed by atoms with Gasteiger partial charge in [0.1, 0.15) is 11.4 Å². The summed E-state index contributed by atoms with van der Waals surface area (Å²) in [6.45, 7) is 0. The lowest BCUT2D eigenvalue weighted by Crippen LogP contribution is -2.45. The summed E-state index contributed by atoms with van der Waals surface area (Å²) in [5, 5.41) is 12.7. The Morgan fingerprint density at radius 1 is 1.33 bits per heavy atom.